The molecule has 0 N–H and O–H groups in total. The second-order valence-electron chi connectivity index (χ2n) is 4.44. The van der Waals surface area contributed by atoms with Gasteiger partial charge < -0.3 is 9.47 Å². The summed E-state index contributed by atoms with van der Waals surface area (Å²) in [5.74, 6) is 2.79. The molecule has 1 saturated heterocycles. The number of unbranched alkanes of at least 4 members (excludes halogenated alkanes) is 1. The second kappa shape index (κ2) is 4.82. The molecule has 0 bridgehead atoms. The smallest absolute Gasteiger partial charge is 0.163 e. The van der Waals surface area contributed by atoms with Crippen LogP contribution < -0.4 is 0 Å². The van der Waals surface area contributed by atoms with Crippen molar-refractivity contribution in [2.45, 2.75) is 51.9 Å². The molecule has 0 aromatic heterocycles. The third-order valence-corrected chi connectivity index (χ3v) is 2.65. The lowest BCUT2D eigenvalue weighted by Gasteiger charge is -2.20. The van der Waals surface area contributed by atoms with E-state index in [0.717, 1.165) is 19.3 Å². The first-order valence-electron chi connectivity index (χ1n) is 5.30. The van der Waals surface area contributed by atoms with Crippen LogP contribution in [0.3, 0.4) is 0 Å². The highest BCUT2D eigenvalue weighted by atomic mass is 16.7. The average molecular weight is 196 g/mol. The van der Waals surface area contributed by atoms with Crippen molar-refractivity contribution < 1.29 is 9.47 Å². The molecule has 80 valence electrons. The third-order valence-electron chi connectivity index (χ3n) is 2.65. The molecule has 2 heteroatoms. The fraction of sp³-hybridized carbons (Fsp3) is 0.833. The summed E-state index contributed by atoms with van der Waals surface area (Å²) in [5, 5.41) is 0. The predicted molar refractivity (Wildman–Crippen MR) is 56.8 cm³/mol. The first-order valence-corrected chi connectivity index (χ1v) is 5.30. The Kier molecular flexibility index (Phi) is 3.97. The summed E-state index contributed by atoms with van der Waals surface area (Å²) in [6.07, 6.45) is 8.51. The highest BCUT2D eigenvalue weighted by molar-refractivity contribution is 4.84. The molecular weight excluding hydrogens is 176 g/mol. The fourth-order valence-corrected chi connectivity index (χ4v) is 1.71. The van der Waals surface area contributed by atoms with Crippen molar-refractivity contribution in [3.63, 3.8) is 0 Å². The minimum atomic E-state index is -0.398. The molecule has 0 radical (unpaired) electrons. The van der Waals surface area contributed by atoms with E-state index in [1.165, 1.54) is 0 Å². The zero-order valence-corrected chi connectivity index (χ0v) is 9.38. The van der Waals surface area contributed by atoms with Crippen LogP contribution in [-0.4, -0.2) is 18.5 Å². The van der Waals surface area contributed by atoms with Gasteiger partial charge in [-0.15, -0.1) is 12.3 Å². The highest BCUT2D eigenvalue weighted by Gasteiger charge is 2.35. The molecule has 1 heterocycles. The molecule has 1 aliphatic heterocycles. The minimum absolute atomic E-state index is 0.239. The lowest BCUT2D eigenvalue weighted by molar-refractivity contribution is -0.144. The molecule has 0 aromatic carbocycles. The van der Waals surface area contributed by atoms with E-state index in [2.05, 4.69) is 12.8 Å². The maximum atomic E-state index is 5.77. The molecule has 0 spiro atoms. The van der Waals surface area contributed by atoms with Gasteiger partial charge in [0, 0.05) is 6.42 Å². The molecule has 2 atom stereocenters. The molecule has 1 aliphatic rings. The van der Waals surface area contributed by atoms with Gasteiger partial charge in [0.05, 0.1) is 12.7 Å². The van der Waals surface area contributed by atoms with Crippen molar-refractivity contribution in [3.8, 4) is 12.3 Å². The van der Waals surface area contributed by atoms with E-state index in [0.29, 0.717) is 12.5 Å². The number of hydrogen-bond donors (Lipinski definition) is 0. The lowest BCUT2D eigenvalue weighted by Crippen LogP contribution is -2.25. The van der Waals surface area contributed by atoms with Crippen LogP contribution in [0.25, 0.3) is 0 Å². The first-order chi connectivity index (χ1) is 6.55. The van der Waals surface area contributed by atoms with Crippen molar-refractivity contribution in [1.82, 2.24) is 0 Å². The monoisotopic (exact) mass is 196 g/mol. The van der Waals surface area contributed by atoms with E-state index in [1.54, 1.807) is 0 Å². The maximum absolute atomic E-state index is 5.77. The number of terminal acetylenes is 1. The van der Waals surface area contributed by atoms with Gasteiger partial charge in [0.25, 0.3) is 0 Å². The van der Waals surface area contributed by atoms with Gasteiger partial charge in [0.1, 0.15) is 0 Å². The van der Waals surface area contributed by atoms with Gasteiger partial charge in [-0.2, -0.15) is 0 Å². The van der Waals surface area contributed by atoms with E-state index in [-0.39, 0.29) is 6.10 Å². The topological polar surface area (TPSA) is 18.5 Å². The van der Waals surface area contributed by atoms with Gasteiger partial charge in [0.2, 0.25) is 0 Å². The van der Waals surface area contributed by atoms with Crippen molar-refractivity contribution in [3.05, 3.63) is 0 Å². The van der Waals surface area contributed by atoms with Crippen LogP contribution in [0, 0.1) is 18.3 Å². The summed E-state index contributed by atoms with van der Waals surface area (Å²) < 4.78 is 11.3. The largest absolute Gasteiger partial charge is 0.348 e. The van der Waals surface area contributed by atoms with Crippen LogP contribution in [0.2, 0.25) is 0 Å². The fourth-order valence-electron chi connectivity index (χ4n) is 1.71. The van der Waals surface area contributed by atoms with E-state index < -0.39 is 5.79 Å². The highest BCUT2D eigenvalue weighted by Crippen LogP contribution is 2.28. The second-order valence-corrected chi connectivity index (χ2v) is 4.44. The minimum Gasteiger partial charge on any atom is -0.348 e. The number of hydrogen-bond acceptors (Lipinski definition) is 2. The summed E-state index contributed by atoms with van der Waals surface area (Å²) in [5.41, 5.74) is 0. The Bertz CT molecular complexity index is 215. The molecule has 1 fully saturated rings. The third kappa shape index (κ3) is 3.32. The Morgan fingerprint density at radius 2 is 2.29 bits per heavy atom. The normalized spacial score (nSPS) is 27.1. The molecule has 0 unspecified atom stereocenters. The van der Waals surface area contributed by atoms with E-state index in [4.69, 9.17) is 15.9 Å². The van der Waals surface area contributed by atoms with Crippen molar-refractivity contribution in [1.29, 1.82) is 0 Å². The summed E-state index contributed by atoms with van der Waals surface area (Å²) in [7, 11) is 0. The van der Waals surface area contributed by atoms with Crippen LogP contribution in [0.5, 0.6) is 0 Å². The Morgan fingerprint density at radius 1 is 1.57 bits per heavy atom. The van der Waals surface area contributed by atoms with Crippen LogP contribution in [-0.2, 0) is 9.47 Å². The van der Waals surface area contributed by atoms with Crippen molar-refractivity contribution in [2.24, 2.45) is 5.92 Å². The van der Waals surface area contributed by atoms with Crippen LogP contribution in [0.4, 0.5) is 0 Å². The molecule has 1 rings (SSSR count). The Balaban J connectivity index is 2.26. The molecule has 0 aliphatic carbocycles. The van der Waals surface area contributed by atoms with Crippen molar-refractivity contribution >= 4 is 0 Å². The summed E-state index contributed by atoms with van der Waals surface area (Å²) in [6.45, 7) is 6.83. The standard InChI is InChI=1S/C12H20O2/c1-5-6-7-8-10(2)11-9-13-12(3,4)14-11/h1,10-11H,6-9H2,2-4H3/t10-,11-/m0/s1. The van der Waals surface area contributed by atoms with Crippen LogP contribution in [0.1, 0.15) is 40.0 Å². The molecule has 0 aromatic rings. The van der Waals surface area contributed by atoms with E-state index in [9.17, 15) is 0 Å². The molecule has 14 heavy (non-hydrogen) atoms. The van der Waals surface area contributed by atoms with E-state index >= 15 is 0 Å². The number of ether oxygens (including phenoxy) is 2. The Morgan fingerprint density at radius 3 is 2.79 bits per heavy atom. The van der Waals surface area contributed by atoms with Gasteiger partial charge in [-0.1, -0.05) is 6.92 Å². The summed E-state index contributed by atoms with van der Waals surface area (Å²) in [6, 6.07) is 0. The molecular formula is C12H20O2. The predicted octanol–water partition coefficient (Wildman–Crippen LogP) is 2.58. The zero-order valence-electron chi connectivity index (χ0n) is 9.38. The van der Waals surface area contributed by atoms with Crippen LogP contribution in [0.15, 0.2) is 0 Å². The maximum Gasteiger partial charge on any atom is 0.163 e. The van der Waals surface area contributed by atoms with Crippen LogP contribution >= 0.6 is 0 Å². The average Bonchev–Trinajstić information content (AvgIpc) is 2.46. The SMILES string of the molecule is C#CCCC[C@H](C)[C@@H]1COC(C)(C)O1. The van der Waals surface area contributed by atoms with Crippen molar-refractivity contribution in [2.75, 3.05) is 6.61 Å². The quantitative estimate of drug-likeness (QED) is 0.508. The first kappa shape index (κ1) is 11.6. The summed E-state index contributed by atoms with van der Waals surface area (Å²) in [4.78, 5) is 0. The molecule has 2 nitrogen and oxygen atoms in total. The molecule has 0 amide bonds. The van der Waals surface area contributed by atoms with Gasteiger partial charge in [-0.05, 0) is 32.6 Å². The molecule has 0 saturated carbocycles. The Hall–Kier alpha value is -0.520. The van der Waals surface area contributed by atoms with Gasteiger partial charge in [-0.3, -0.25) is 0 Å². The van der Waals surface area contributed by atoms with Gasteiger partial charge in [0.15, 0.2) is 5.79 Å². The summed E-state index contributed by atoms with van der Waals surface area (Å²) >= 11 is 0. The van der Waals surface area contributed by atoms with Gasteiger partial charge >= 0.3 is 0 Å². The van der Waals surface area contributed by atoms with E-state index in [1.807, 2.05) is 13.8 Å². The lowest BCUT2D eigenvalue weighted by atomic mass is 9.98. The zero-order chi connectivity index (χ0) is 10.6. The Labute approximate surface area is 87.0 Å². The number of rotatable bonds is 4. The van der Waals surface area contributed by atoms with Gasteiger partial charge in [-0.25, -0.2) is 0 Å².